The van der Waals surface area contributed by atoms with Crippen molar-refractivity contribution in [1.82, 2.24) is 14.8 Å². The van der Waals surface area contributed by atoms with Gasteiger partial charge >= 0.3 is 0 Å². The van der Waals surface area contributed by atoms with Crippen molar-refractivity contribution in [3.63, 3.8) is 0 Å². The Morgan fingerprint density at radius 2 is 1.93 bits per heavy atom. The number of anilines is 1. The van der Waals surface area contributed by atoms with Gasteiger partial charge < -0.3 is 5.32 Å². The Balaban J connectivity index is 1.74. The number of hydrogen-bond acceptors (Lipinski definition) is 5. The molecule has 3 aromatic rings. The highest BCUT2D eigenvalue weighted by Gasteiger charge is 2.16. The van der Waals surface area contributed by atoms with E-state index in [4.69, 9.17) is 12.2 Å². The number of non-ortho nitro benzene ring substituents is 1. The van der Waals surface area contributed by atoms with Crippen LogP contribution >= 0.6 is 12.2 Å². The van der Waals surface area contributed by atoms with Crippen LogP contribution in [0.4, 0.5) is 11.4 Å². The van der Waals surface area contributed by atoms with Gasteiger partial charge in [0.05, 0.1) is 22.5 Å². The van der Waals surface area contributed by atoms with Gasteiger partial charge in [-0.15, -0.1) is 0 Å². The Hall–Kier alpha value is -3.79. The lowest BCUT2D eigenvalue weighted by Gasteiger charge is -2.07. The summed E-state index contributed by atoms with van der Waals surface area (Å²) in [6.07, 6.45) is 1.40. The Morgan fingerprint density at radius 1 is 1.21 bits per heavy atom. The zero-order valence-corrected chi connectivity index (χ0v) is 16.5. The average Bonchev–Trinajstić information content (AvgIpc) is 2.92. The van der Waals surface area contributed by atoms with Crippen molar-refractivity contribution < 1.29 is 4.92 Å². The molecule has 1 aromatic heterocycles. The molecule has 0 unspecified atom stereocenters. The lowest BCUT2D eigenvalue weighted by atomic mass is 10.2. The number of rotatable bonds is 5. The molecule has 0 fully saturated rings. The third-order valence-corrected chi connectivity index (χ3v) is 4.45. The van der Waals surface area contributed by atoms with Gasteiger partial charge in [-0.2, -0.15) is 5.10 Å². The fraction of sp³-hybridized carbons (Fsp3) is 0.105. The lowest BCUT2D eigenvalue weighted by molar-refractivity contribution is -0.384. The zero-order valence-electron chi connectivity index (χ0n) is 15.7. The maximum absolute atomic E-state index is 12.8. The molecule has 0 atom stereocenters. The number of para-hydroxylation sites is 1. The van der Waals surface area contributed by atoms with Gasteiger partial charge in [0, 0.05) is 24.7 Å². The fourth-order valence-corrected chi connectivity index (χ4v) is 2.89. The van der Waals surface area contributed by atoms with Gasteiger partial charge in [0.25, 0.3) is 11.2 Å². The molecule has 2 N–H and O–H groups in total. The van der Waals surface area contributed by atoms with Crippen LogP contribution in [0, 0.1) is 17.0 Å². The molecule has 148 valence electrons. The van der Waals surface area contributed by atoms with Crippen LogP contribution in [-0.2, 0) is 7.05 Å². The van der Waals surface area contributed by atoms with E-state index in [1.165, 1.54) is 23.0 Å². The van der Waals surface area contributed by atoms with Crippen molar-refractivity contribution in [3.05, 3.63) is 86.3 Å². The molecular formula is C19H18N6O3S. The topological polar surface area (TPSA) is 106 Å². The smallest absolute Gasteiger partial charge is 0.295 e. The van der Waals surface area contributed by atoms with Gasteiger partial charge in [-0.3, -0.25) is 25.0 Å². The molecule has 0 radical (unpaired) electrons. The molecule has 0 aliphatic heterocycles. The second kappa shape index (κ2) is 8.48. The first-order valence-electron chi connectivity index (χ1n) is 8.57. The molecule has 3 rings (SSSR count). The van der Waals surface area contributed by atoms with Crippen molar-refractivity contribution >= 4 is 34.9 Å². The molecule has 29 heavy (non-hydrogen) atoms. The second-order valence-corrected chi connectivity index (χ2v) is 6.52. The van der Waals surface area contributed by atoms with Crippen molar-refractivity contribution in [2.75, 3.05) is 5.32 Å². The van der Waals surface area contributed by atoms with Crippen LogP contribution in [0.25, 0.3) is 5.69 Å². The van der Waals surface area contributed by atoms with Gasteiger partial charge in [0.2, 0.25) is 0 Å². The molecule has 0 amide bonds. The minimum absolute atomic E-state index is 0.0315. The van der Waals surface area contributed by atoms with Crippen LogP contribution in [0.3, 0.4) is 0 Å². The van der Waals surface area contributed by atoms with Crippen molar-refractivity contribution in [3.8, 4) is 5.69 Å². The number of thiocarbonyl (C=S) groups is 1. The number of nitro groups is 1. The van der Waals surface area contributed by atoms with Gasteiger partial charge in [-0.1, -0.05) is 30.3 Å². The monoisotopic (exact) mass is 410 g/mol. The average molecular weight is 410 g/mol. The summed E-state index contributed by atoms with van der Waals surface area (Å²) in [7, 11) is 1.78. The summed E-state index contributed by atoms with van der Waals surface area (Å²) in [6.45, 7) is 1.80. The molecule has 0 bridgehead atoms. The SMILES string of the molecule is Cc1c(NC(=S)N/N=C\c2cccc([N+](=O)[O-])c2)c(=O)n(-c2ccccc2)n1C. The molecule has 10 heteroatoms. The summed E-state index contributed by atoms with van der Waals surface area (Å²) < 4.78 is 3.27. The first-order chi connectivity index (χ1) is 13.9. The molecule has 1 heterocycles. The molecule has 0 aliphatic carbocycles. The second-order valence-electron chi connectivity index (χ2n) is 6.11. The molecule has 0 saturated heterocycles. The van der Waals surface area contributed by atoms with Crippen LogP contribution in [0.1, 0.15) is 11.3 Å². The van der Waals surface area contributed by atoms with Gasteiger partial charge in [-0.05, 0) is 31.3 Å². The lowest BCUT2D eigenvalue weighted by Crippen LogP contribution is -2.28. The normalized spacial score (nSPS) is 10.8. The first-order valence-corrected chi connectivity index (χ1v) is 8.98. The highest BCUT2D eigenvalue weighted by atomic mass is 32.1. The summed E-state index contributed by atoms with van der Waals surface area (Å²) in [5.41, 5.74) is 4.64. The third kappa shape index (κ3) is 4.38. The van der Waals surface area contributed by atoms with Gasteiger partial charge in [0.1, 0.15) is 5.69 Å². The molecule has 0 spiro atoms. The largest absolute Gasteiger partial charge is 0.325 e. The maximum atomic E-state index is 12.8. The molecule has 9 nitrogen and oxygen atoms in total. The predicted molar refractivity (Wildman–Crippen MR) is 116 cm³/mol. The van der Waals surface area contributed by atoms with Gasteiger partial charge in [0.15, 0.2) is 5.11 Å². The highest BCUT2D eigenvalue weighted by molar-refractivity contribution is 7.80. The van der Waals surface area contributed by atoms with Crippen molar-refractivity contribution in [2.45, 2.75) is 6.92 Å². The minimum atomic E-state index is -0.479. The van der Waals surface area contributed by atoms with E-state index in [-0.39, 0.29) is 16.4 Å². The fourth-order valence-electron chi connectivity index (χ4n) is 2.74. The van der Waals surface area contributed by atoms with Crippen molar-refractivity contribution in [2.24, 2.45) is 12.1 Å². The van der Waals surface area contributed by atoms with Crippen LogP contribution in [0.15, 0.2) is 64.5 Å². The summed E-state index contributed by atoms with van der Waals surface area (Å²) in [4.78, 5) is 23.2. The Bertz CT molecular complexity index is 1150. The summed E-state index contributed by atoms with van der Waals surface area (Å²) in [5.74, 6) is 0. The van der Waals surface area contributed by atoms with Crippen LogP contribution in [0.2, 0.25) is 0 Å². The van der Waals surface area contributed by atoms with E-state index in [9.17, 15) is 14.9 Å². The molecule has 0 aliphatic rings. The van der Waals surface area contributed by atoms with E-state index >= 15 is 0 Å². The van der Waals surface area contributed by atoms with Crippen LogP contribution < -0.4 is 16.3 Å². The highest BCUT2D eigenvalue weighted by Crippen LogP contribution is 2.14. The molecular weight excluding hydrogens is 392 g/mol. The summed E-state index contributed by atoms with van der Waals surface area (Å²) in [6, 6.07) is 15.3. The summed E-state index contributed by atoms with van der Waals surface area (Å²) >= 11 is 5.21. The quantitative estimate of drug-likeness (QED) is 0.290. The summed E-state index contributed by atoms with van der Waals surface area (Å²) in [5, 5.41) is 17.8. The standard InChI is InChI=1S/C19H18N6O3S/c1-13-17(18(26)24(23(13)2)15-8-4-3-5-9-15)21-19(29)22-20-12-14-7-6-10-16(11-14)25(27)28/h3-12H,1-2H3,(H2,21,22,29)/b20-12-. The van der Waals surface area contributed by atoms with E-state index in [0.29, 0.717) is 16.9 Å². The van der Waals surface area contributed by atoms with Crippen molar-refractivity contribution in [1.29, 1.82) is 0 Å². The third-order valence-electron chi connectivity index (χ3n) is 4.25. The predicted octanol–water partition coefficient (Wildman–Crippen LogP) is 2.71. The maximum Gasteiger partial charge on any atom is 0.295 e. The Kier molecular flexibility index (Phi) is 5.84. The molecule has 2 aromatic carbocycles. The number of benzene rings is 2. The van der Waals surface area contributed by atoms with Crippen LogP contribution in [-0.4, -0.2) is 25.6 Å². The zero-order chi connectivity index (χ0) is 21.0. The first kappa shape index (κ1) is 20.0. The number of hydrogen-bond donors (Lipinski definition) is 2. The number of aromatic nitrogens is 2. The van der Waals surface area contributed by atoms with Gasteiger partial charge in [-0.25, -0.2) is 4.68 Å². The number of nitro benzene ring substituents is 1. The van der Waals surface area contributed by atoms with E-state index < -0.39 is 4.92 Å². The van der Waals surface area contributed by atoms with E-state index in [2.05, 4.69) is 15.8 Å². The van der Waals surface area contributed by atoms with E-state index in [1.54, 1.807) is 30.8 Å². The minimum Gasteiger partial charge on any atom is -0.325 e. The van der Waals surface area contributed by atoms with E-state index in [0.717, 1.165) is 5.69 Å². The number of hydrazone groups is 1. The van der Waals surface area contributed by atoms with Crippen LogP contribution in [0.5, 0.6) is 0 Å². The number of nitrogens with one attached hydrogen (secondary N) is 2. The Labute approximate surface area is 171 Å². The number of nitrogens with zero attached hydrogens (tertiary/aromatic N) is 4. The molecule has 0 saturated carbocycles. The van der Waals surface area contributed by atoms with E-state index in [1.807, 2.05) is 30.3 Å². The Morgan fingerprint density at radius 3 is 2.62 bits per heavy atom.